The molecular weight excluding hydrogens is 379 g/mol. The maximum atomic E-state index is 13.2. The Hall–Kier alpha value is -2.60. The third-order valence-electron chi connectivity index (χ3n) is 6.49. The molecule has 6 heteroatoms. The Morgan fingerprint density at radius 3 is 2.60 bits per heavy atom. The molecule has 2 aliphatic rings. The summed E-state index contributed by atoms with van der Waals surface area (Å²) in [6.45, 7) is 1.93. The largest absolute Gasteiger partial charge is 0.388 e. The number of hydrogen-bond donors (Lipinski definition) is 3. The second-order valence-corrected chi connectivity index (χ2v) is 8.64. The van der Waals surface area contributed by atoms with Crippen molar-refractivity contribution in [2.75, 3.05) is 30.8 Å². The number of likely N-dealkylation sites (tertiary alicyclic amines) is 1. The van der Waals surface area contributed by atoms with E-state index < -0.39 is 0 Å². The predicted octanol–water partition coefficient (Wildman–Crippen LogP) is 4.62. The van der Waals surface area contributed by atoms with Gasteiger partial charge in [-0.25, -0.2) is 9.18 Å². The second-order valence-electron chi connectivity index (χ2n) is 8.64. The highest BCUT2D eigenvalue weighted by Gasteiger charge is 2.42. The highest BCUT2D eigenvalue weighted by Crippen LogP contribution is 2.35. The van der Waals surface area contributed by atoms with Crippen LogP contribution in [0.5, 0.6) is 0 Å². The summed E-state index contributed by atoms with van der Waals surface area (Å²) in [4.78, 5) is 15.2. The summed E-state index contributed by atoms with van der Waals surface area (Å²) < 4.78 is 13.2. The molecule has 5 nitrogen and oxygen atoms in total. The van der Waals surface area contributed by atoms with Gasteiger partial charge in [0, 0.05) is 31.0 Å². The zero-order chi connectivity index (χ0) is 21.0. The molecule has 1 heterocycles. The average Bonchev–Trinajstić information content (AvgIpc) is 3.14. The molecule has 30 heavy (non-hydrogen) atoms. The Bertz CT molecular complexity index is 866. The maximum absolute atomic E-state index is 13.2. The van der Waals surface area contributed by atoms with Gasteiger partial charge in [-0.15, -0.1) is 0 Å². The van der Waals surface area contributed by atoms with Crippen molar-refractivity contribution >= 4 is 17.4 Å². The van der Waals surface area contributed by atoms with Crippen LogP contribution in [-0.4, -0.2) is 42.6 Å². The fraction of sp³-hybridized carbons (Fsp3) is 0.458. The lowest BCUT2D eigenvalue weighted by atomic mass is 9.76. The number of halogens is 1. The second kappa shape index (κ2) is 9.04. The lowest BCUT2D eigenvalue weighted by Crippen LogP contribution is -2.61. The third-order valence-corrected chi connectivity index (χ3v) is 6.49. The highest BCUT2D eigenvalue weighted by atomic mass is 19.1. The molecule has 0 spiro atoms. The van der Waals surface area contributed by atoms with Gasteiger partial charge in [0.05, 0.1) is 5.54 Å². The summed E-state index contributed by atoms with van der Waals surface area (Å²) in [5, 5.41) is 9.34. The van der Waals surface area contributed by atoms with E-state index in [9.17, 15) is 9.18 Å². The Labute approximate surface area is 178 Å². The predicted molar refractivity (Wildman–Crippen MR) is 119 cm³/mol. The zero-order valence-electron chi connectivity index (χ0n) is 17.6. The first-order valence-corrected chi connectivity index (χ1v) is 10.9. The first kappa shape index (κ1) is 20.7. The van der Waals surface area contributed by atoms with Gasteiger partial charge in [0.2, 0.25) is 0 Å². The van der Waals surface area contributed by atoms with Crippen molar-refractivity contribution in [2.24, 2.45) is 0 Å². The summed E-state index contributed by atoms with van der Waals surface area (Å²) in [5.74, 6) is -0.189. The minimum atomic E-state index is -0.189. The zero-order valence-corrected chi connectivity index (χ0v) is 17.6. The molecule has 4 rings (SSSR count). The minimum absolute atomic E-state index is 0.141. The number of hydrogen-bond acceptors (Lipinski definition) is 3. The summed E-state index contributed by atoms with van der Waals surface area (Å²) in [6.07, 6.45) is 6.42. The normalized spacial score (nSPS) is 20.4. The highest BCUT2D eigenvalue weighted by molar-refractivity contribution is 5.90. The third kappa shape index (κ3) is 4.93. The number of rotatable bonds is 7. The smallest absolute Gasteiger partial charge is 0.319 e. The van der Waals surface area contributed by atoms with Gasteiger partial charge in [-0.2, -0.15) is 0 Å². The van der Waals surface area contributed by atoms with E-state index in [4.69, 9.17) is 0 Å². The molecule has 2 fully saturated rings. The molecule has 1 aliphatic heterocycles. The molecular formula is C24H31FN4O. The van der Waals surface area contributed by atoms with E-state index >= 15 is 0 Å². The molecule has 0 bridgehead atoms. The minimum Gasteiger partial charge on any atom is -0.388 e. The van der Waals surface area contributed by atoms with E-state index in [1.54, 1.807) is 0 Å². The van der Waals surface area contributed by atoms with Crippen LogP contribution in [0.1, 0.15) is 37.7 Å². The van der Waals surface area contributed by atoms with Gasteiger partial charge >= 0.3 is 6.03 Å². The van der Waals surface area contributed by atoms with Crippen molar-refractivity contribution in [1.82, 2.24) is 10.2 Å². The SMILES string of the molecule is CNc1cccc(NC(=O)NC2(CN3CCCC3Cc3ccc(F)cc3)CCC2)c1. The van der Waals surface area contributed by atoms with E-state index in [-0.39, 0.29) is 17.4 Å². The molecule has 160 valence electrons. The van der Waals surface area contributed by atoms with Crippen molar-refractivity contribution < 1.29 is 9.18 Å². The van der Waals surface area contributed by atoms with Crippen LogP contribution in [0.15, 0.2) is 48.5 Å². The Morgan fingerprint density at radius 1 is 1.13 bits per heavy atom. The fourth-order valence-corrected chi connectivity index (χ4v) is 4.70. The summed E-state index contributed by atoms with van der Waals surface area (Å²) in [5.41, 5.74) is 2.76. The van der Waals surface area contributed by atoms with Crippen LogP contribution in [0.25, 0.3) is 0 Å². The molecule has 0 radical (unpaired) electrons. The number of anilines is 2. The number of benzene rings is 2. The lowest BCUT2D eigenvalue weighted by molar-refractivity contribution is 0.109. The average molecular weight is 411 g/mol. The Kier molecular flexibility index (Phi) is 6.23. The van der Waals surface area contributed by atoms with E-state index in [2.05, 4.69) is 20.9 Å². The van der Waals surface area contributed by atoms with Gasteiger partial charge in [0.1, 0.15) is 5.82 Å². The molecule has 1 unspecified atom stereocenters. The van der Waals surface area contributed by atoms with Crippen LogP contribution in [0.2, 0.25) is 0 Å². The topological polar surface area (TPSA) is 56.4 Å². The van der Waals surface area contributed by atoms with Crippen LogP contribution in [0.3, 0.4) is 0 Å². The van der Waals surface area contributed by atoms with Crippen molar-refractivity contribution in [3.63, 3.8) is 0 Å². The molecule has 1 saturated carbocycles. The van der Waals surface area contributed by atoms with Gasteiger partial charge in [-0.1, -0.05) is 18.2 Å². The van der Waals surface area contributed by atoms with E-state index in [0.29, 0.717) is 6.04 Å². The fourth-order valence-electron chi connectivity index (χ4n) is 4.70. The van der Waals surface area contributed by atoms with Crippen LogP contribution in [-0.2, 0) is 6.42 Å². The van der Waals surface area contributed by atoms with E-state index in [1.165, 1.54) is 24.1 Å². The van der Waals surface area contributed by atoms with Gasteiger partial charge < -0.3 is 16.0 Å². The number of nitrogens with zero attached hydrogens (tertiary/aromatic N) is 1. The van der Waals surface area contributed by atoms with Crippen molar-refractivity contribution in [2.45, 2.75) is 50.1 Å². The first-order valence-electron chi connectivity index (χ1n) is 10.9. The summed E-state index contributed by atoms with van der Waals surface area (Å²) in [7, 11) is 1.86. The lowest BCUT2D eigenvalue weighted by Gasteiger charge is -2.46. The van der Waals surface area contributed by atoms with Gasteiger partial charge in [-0.3, -0.25) is 4.90 Å². The molecule has 3 N–H and O–H groups in total. The molecule has 1 atom stereocenters. The summed E-state index contributed by atoms with van der Waals surface area (Å²) in [6, 6.07) is 14.9. The number of carbonyl (C=O) groups excluding carboxylic acids is 1. The van der Waals surface area contributed by atoms with Crippen LogP contribution >= 0.6 is 0 Å². The van der Waals surface area contributed by atoms with E-state index in [1.807, 2.05) is 43.4 Å². The molecule has 1 saturated heterocycles. The van der Waals surface area contributed by atoms with Crippen LogP contribution in [0, 0.1) is 5.82 Å². The van der Waals surface area contributed by atoms with Gasteiger partial charge in [0.25, 0.3) is 0 Å². The monoisotopic (exact) mass is 410 g/mol. The number of carbonyl (C=O) groups is 1. The molecule has 2 aromatic rings. The molecule has 2 amide bonds. The van der Waals surface area contributed by atoms with Crippen molar-refractivity contribution in [3.8, 4) is 0 Å². The number of nitrogens with one attached hydrogen (secondary N) is 3. The molecule has 0 aromatic heterocycles. The summed E-state index contributed by atoms with van der Waals surface area (Å²) >= 11 is 0. The standard InChI is InChI=1S/C24H31FN4O/c1-26-20-5-2-6-21(16-20)27-23(30)28-24(12-4-13-24)17-29-14-3-7-22(29)15-18-8-10-19(25)11-9-18/h2,5-6,8-11,16,22,26H,3-4,7,12-15,17H2,1H3,(H2,27,28,30). The van der Waals surface area contributed by atoms with Crippen LogP contribution < -0.4 is 16.0 Å². The van der Waals surface area contributed by atoms with Crippen LogP contribution in [0.4, 0.5) is 20.6 Å². The number of urea groups is 1. The van der Waals surface area contributed by atoms with Gasteiger partial charge in [0.15, 0.2) is 0 Å². The quantitative estimate of drug-likeness (QED) is 0.624. The molecule has 1 aliphatic carbocycles. The van der Waals surface area contributed by atoms with E-state index in [0.717, 1.165) is 56.6 Å². The maximum Gasteiger partial charge on any atom is 0.319 e. The Morgan fingerprint density at radius 2 is 1.90 bits per heavy atom. The number of amides is 2. The van der Waals surface area contributed by atoms with Gasteiger partial charge in [-0.05, 0) is 81.0 Å². The Balaban J connectivity index is 1.36. The first-order chi connectivity index (χ1) is 14.5. The van der Waals surface area contributed by atoms with Crippen molar-refractivity contribution in [1.29, 1.82) is 0 Å². The molecule has 2 aromatic carbocycles. The van der Waals surface area contributed by atoms with Crippen molar-refractivity contribution in [3.05, 3.63) is 59.9 Å².